The van der Waals surface area contributed by atoms with Crippen LogP contribution in [0.25, 0.3) is 0 Å². The number of carbonyl (C=O) groups is 2. The number of carboxylic acid groups (broad SMARTS) is 1. The fourth-order valence-corrected chi connectivity index (χ4v) is 4.39. The fourth-order valence-electron chi connectivity index (χ4n) is 4.39. The molecule has 1 heterocycles. The Morgan fingerprint density at radius 3 is 2.33 bits per heavy atom. The van der Waals surface area contributed by atoms with E-state index < -0.39 is 11.8 Å². The summed E-state index contributed by atoms with van der Waals surface area (Å²) < 4.78 is 19.7. The van der Waals surface area contributed by atoms with Crippen molar-refractivity contribution >= 4 is 17.6 Å². The average Bonchev–Trinajstić information content (AvgIpc) is 2.86. The van der Waals surface area contributed by atoms with Gasteiger partial charge in [0.15, 0.2) is 0 Å². The van der Waals surface area contributed by atoms with E-state index in [9.17, 15) is 14.0 Å². The first-order valence-electron chi connectivity index (χ1n) is 11.9. The van der Waals surface area contributed by atoms with Crippen molar-refractivity contribution in [2.75, 3.05) is 32.0 Å². The lowest BCUT2D eigenvalue weighted by Gasteiger charge is -2.36. The molecule has 0 bridgehead atoms. The molecule has 1 fully saturated rings. The maximum Gasteiger partial charge on any atom is 0.338 e. The zero-order valence-corrected chi connectivity index (χ0v) is 20.2. The van der Waals surface area contributed by atoms with Crippen LogP contribution in [0, 0.1) is 5.82 Å². The molecule has 1 aliphatic rings. The number of para-hydroxylation sites is 1. The third-order valence-electron chi connectivity index (χ3n) is 6.36. The maximum absolute atomic E-state index is 14.0. The average molecular weight is 492 g/mol. The highest BCUT2D eigenvalue weighted by Gasteiger charge is 2.24. The van der Waals surface area contributed by atoms with Crippen LogP contribution in [0.5, 0.6) is 11.5 Å². The lowest BCUT2D eigenvalue weighted by atomic mass is 10.0. The molecule has 7 nitrogen and oxygen atoms in total. The van der Waals surface area contributed by atoms with Crippen LogP contribution in [0.15, 0.2) is 72.8 Å². The number of rotatable bonds is 9. The summed E-state index contributed by atoms with van der Waals surface area (Å²) in [7, 11) is 1.96. The first kappa shape index (κ1) is 25.3. The van der Waals surface area contributed by atoms with Gasteiger partial charge in [-0.1, -0.05) is 24.3 Å². The number of benzene rings is 3. The number of ether oxygens (including phenoxy) is 1. The van der Waals surface area contributed by atoms with Crippen molar-refractivity contribution in [1.82, 2.24) is 9.80 Å². The van der Waals surface area contributed by atoms with Gasteiger partial charge in [-0.3, -0.25) is 14.6 Å². The van der Waals surface area contributed by atoms with Crippen molar-refractivity contribution in [3.05, 3.63) is 89.7 Å². The van der Waals surface area contributed by atoms with Crippen molar-refractivity contribution in [2.24, 2.45) is 0 Å². The van der Waals surface area contributed by atoms with E-state index in [0.717, 1.165) is 37.2 Å². The van der Waals surface area contributed by atoms with Crippen molar-refractivity contribution in [1.29, 1.82) is 0 Å². The number of hydrogen-bond acceptors (Lipinski definition) is 5. The van der Waals surface area contributed by atoms with Gasteiger partial charge in [-0.25, -0.2) is 9.18 Å². The minimum Gasteiger partial charge on any atom is -0.478 e. The van der Waals surface area contributed by atoms with E-state index in [1.54, 1.807) is 6.07 Å². The zero-order valence-electron chi connectivity index (χ0n) is 20.2. The van der Waals surface area contributed by atoms with Gasteiger partial charge in [0.1, 0.15) is 17.3 Å². The van der Waals surface area contributed by atoms with Crippen LogP contribution >= 0.6 is 0 Å². The molecule has 2 N–H and O–H groups in total. The highest BCUT2D eigenvalue weighted by Crippen LogP contribution is 2.23. The van der Waals surface area contributed by atoms with Gasteiger partial charge in [0, 0.05) is 18.3 Å². The van der Waals surface area contributed by atoms with Crippen molar-refractivity contribution in [3.8, 4) is 11.5 Å². The number of carbonyl (C=O) groups excluding carboxylic acids is 1. The second kappa shape index (κ2) is 11.8. The van der Waals surface area contributed by atoms with Crippen LogP contribution in [0.3, 0.4) is 0 Å². The molecular formula is C28H30FN3O4. The minimum atomic E-state index is -1.26. The molecule has 0 spiro atoms. The lowest BCUT2D eigenvalue weighted by molar-refractivity contribution is -0.117. The number of carboxylic acids is 1. The van der Waals surface area contributed by atoms with E-state index in [0.29, 0.717) is 18.0 Å². The second-order valence-electron chi connectivity index (χ2n) is 9.03. The maximum atomic E-state index is 14.0. The van der Waals surface area contributed by atoms with Crippen LogP contribution in [-0.4, -0.2) is 59.5 Å². The molecule has 8 heteroatoms. The molecular weight excluding hydrogens is 461 g/mol. The molecule has 36 heavy (non-hydrogen) atoms. The molecule has 0 aromatic heterocycles. The molecule has 3 aromatic carbocycles. The summed E-state index contributed by atoms with van der Waals surface area (Å²) in [6.07, 6.45) is 1.79. The third kappa shape index (κ3) is 6.90. The summed E-state index contributed by atoms with van der Waals surface area (Å²) in [6, 6.07) is 21.4. The van der Waals surface area contributed by atoms with Gasteiger partial charge in [-0.15, -0.1) is 0 Å². The second-order valence-corrected chi connectivity index (χ2v) is 9.03. The number of anilines is 1. The Balaban J connectivity index is 1.21. The van der Waals surface area contributed by atoms with Crippen molar-refractivity contribution in [2.45, 2.75) is 25.4 Å². The lowest BCUT2D eigenvalue weighted by Crippen LogP contribution is -2.45. The quantitative estimate of drug-likeness (QED) is 0.445. The molecule has 1 amide bonds. The van der Waals surface area contributed by atoms with E-state index >= 15 is 0 Å². The van der Waals surface area contributed by atoms with Gasteiger partial charge in [0.25, 0.3) is 0 Å². The summed E-state index contributed by atoms with van der Waals surface area (Å²) in [6.45, 7) is 2.50. The van der Waals surface area contributed by atoms with Crippen LogP contribution in [0.4, 0.5) is 10.1 Å². The highest BCUT2D eigenvalue weighted by molar-refractivity contribution is 5.92. The van der Waals surface area contributed by atoms with E-state index in [2.05, 4.69) is 15.1 Å². The molecule has 0 radical (unpaired) electrons. The smallest absolute Gasteiger partial charge is 0.338 e. The van der Waals surface area contributed by atoms with Gasteiger partial charge in [0.2, 0.25) is 5.91 Å². The highest BCUT2D eigenvalue weighted by atomic mass is 19.1. The monoisotopic (exact) mass is 491 g/mol. The Bertz CT molecular complexity index is 1180. The molecule has 3 aromatic rings. The molecule has 0 saturated carbocycles. The Morgan fingerprint density at radius 2 is 1.69 bits per heavy atom. The van der Waals surface area contributed by atoms with Crippen molar-refractivity contribution < 1.29 is 23.8 Å². The summed E-state index contributed by atoms with van der Waals surface area (Å²) in [5.74, 6) is -0.598. The van der Waals surface area contributed by atoms with Crippen LogP contribution < -0.4 is 10.1 Å². The van der Waals surface area contributed by atoms with Gasteiger partial charge < -0.3 is 15.2 Å². The van der Waals surface area contributed by atoms with Gasteiger partial charge in [-0.05, 0) is 87.1 Å². The van der Waals surface area contributed by atoms with Gasteiger partial charge in [0.05, 0.1) is 12.1 Å². The molecule has 1 aliphatic heterocycles. The predicted molar refractivity (Wildman–Crippen MR) is 136 cm³/mol. The Morgan fingerprint density at radius 1 is 1.03 bits per heavy atom. The SMILES string of the molecule is CN(CC(=O)Nc1ccc(Oc2ccccc2)cc1)C1CCN(Cc2ccc(C(=O)O)c(F)c2)CC1. The largest absolute Gasteiger partial charge is 0.478 e. The molecule has 4 rings (SSSR count). The van der Waals surface area contributed by atoms with E-state index in [-0.39, 0.29) is 24.1 Å². The zero-order chi connectivity index (χ0) is 25.5. The molecule has 0 aliphatic carbocycles. The number of likely N-dealkylation sites (N-methyl/N-ethyl adjacent to an activating group) is 1. The van der Waals surface area contributed by atoms with E-state index in [4.69, 9.17) is 9.84 Å². The number of hydrogen-bond donors (Lipinski definition) is 2. The number of likely N-dealkylation sites (tertiary alicyclic amines) is 1. The number of amides is 1. The van der Waals surface area contributed by atoms with Gasteiger partial charge >= 0.3 is 5.97 Å². The van der Waals surface area contributed by atoms with Gasteiger partial charge in [-0.2, -0.15) is 0 Å². The van der Waals surface area contributed by atoms with E-state index in [1.807, 2.05) is 61.6 Å². The van der Waals surface area contributed by atoms with E-state index in [1.165, 1.54) is 12.1 Å². The Hall–Kier alpha value is -3.75. The molecule has 1 saturated heterocycles. The summed E-state index contributed by atoms with van der Waals surface area (Å²) in [5, 5.41) is 11.9. The number of aromatic carboxylic acids is 1. The topological polar surface area (TPSA) is 82.1 Å². The van der Waals surface area contributed by atoms with Crippen molar-refractivity contribution in [3.63, 3.8) is 0 Å². The number of nitrogens with one attached hydrogen (secondary N) is 1. The Kier molecular flexibility index (Phi) is 8.30. The first-order valence-corrected chi connectivity index (χ1v) is 11.9. The van der Waals surface area contributed by atoms with Crippen LogP contribution in [0.1, 0.15) is 28.8 Å². The summed E-state index contributed by atoms with van der Waals surface area (Å²) >= 11 is 0. The van der Waals surface area contributed by atoms with Crippen LogP contribution in [0.2, 0.25) is 0 Å². The summed E-state index contributed by atoms with van der Waals surface area (Å²) in [5.41, 5.74) is 1.16. The number of nitrogens with zero attached hydrogens (tertiary/aromatic N) is 2. The third-order valence-corrected chi connectivity index (χ3v) is 6.36. The molecule has 0 unspecified atom stereocenters. The Labute approximate surface area is 210 Å². The number of piperidine rings is 1. The standard InChI is InChI=1S/C28H30FN3O4/c1-31(19-27(33)30-21-8-10-24(11-9-21)36-23-5-3-2-4-6-23)22-13-15-32(16-14-22)18-20-7-12-25(28(34)35)26(29)17-20/h2-12,17,22H,13-16,18-19H2,1H3,(H,30,33)(H,34,35). The normalized spacial score (nSPS) is 14.5. The summed E-state index contributed by atoms with van der Waals surface area (Å²) in [4.78, 5) is 27.9. The molecule has 0 atom stereocenters. The number of halogens is 1. The predicted octanol–water partition coefficient (Wildman–Crippen LogP) is 4.85. The fraction of sp³-hybridized carbons (Fsp3) is 0.286. The van der Waals surface area contributed by atoms with Crippen LogP contribution in [-0.2, 0) is 11.3 Å². The minimum absolute atomic E-state index is 0.0781. The molecule has 188 valence electrons. The first-order chi connectivity index (χ1) is 17.4.